The number of nitrogens with one attached hydrogen (secondary N) is 2. The van der Waals surface area contributed by atoms with Gasteiger partial charge in [0.2, 0.25) is 5.91 Å². The number of aromatic nitrogens is 3. The highest BCUT2D eigenvalue weighted by molar-refractivity contribution is 5.92. The van der Waals surface area contributed by atoms with E-state index in [2.05, 4.69) is 20.9 Å². The Morgan fingerprint density at radius 1 is 1.40 bits per heavy atom. The highest BCUT2D eigenvalue weighted by Gasteiger charge is 2.03. The summed E-state index contributed by atoms with van der Waals surface area (Å²) in [4.78, 5) is 11.4. The molecule has 2 aromatic rings. The Labute approximate surface area is 116 Å². The average molecular weight is 275 g/mol. The van der Waals surface area contributed by atoms with Gasteiger partial charge in [-0.3, -0.25) is 9.48 Å². The van der Waals surface area contributed by atoms with Crippen LogP contribution in [0.2, 0.25) is 0 Å². The Morgan fingerprint density at radius 3 is 2.90 bits per heavy atom. The number of anilines is 2. The van der Waals surface area contributed by atoms with Gasteiger partial charge in [0.25, 0.3) is 0 Å². The summed E-state index contributed by atoms with van der Waals surface area (Å²) < 4.78 is 6.48. The zero-order valence-corrected chi connectivity index (χ0v) is 11.5. The molecule has 0 aliphatic heterocycles. The van der Waals surface area contributed by atoms with E-state index in [4.69, 9.17) is 4.74 Å². The van der Waals surface area contributed by atoms with Crippen molar-refractivity contribution in [2.75, 3.05) is 24.4 Å². The van der Waals surface area contributed by atoms with Crippen LogP contribution in [0.15, 0.2) is 30.5 Å². The molecule has 0 radical (unpaired) electrons. The van der Waals surface area contributed by atoms with Gasteiger partial charge in [0.1, 0.15) is 6.61 Å². The fourth-order valence-electron chi connectivity index (χ4n) is 1.70. The van der Waals surface area contributed by atoms with E-state index in [0.717, 1.165) is 17.1 Å². The summed E-state index contributed by atoms with van der Waals surface area (Å²) in [5, 5.41) is 13.7. The van der Waals surface area contributed by atoms with Crippen LogP contribution in [-0.2, 0) is 23.1 Å². The zero-order chi connectivity index (χ0) is 14.4. The van der Waals surface area contributed by atoms with Crippen molar-refractivity contribution >= 4 is 17.3 Å². The van der Waals surface area contributed by atoms with E-state index in [1.807, 2.05) is 31.3 Å². The second kappa shape index (κ2) is 6.67. The summed E-state index contributed by atoms with van der Waals surface area (Å²) in [6.45, 7) is 0.650. The molecule has 2 rings (SSSR count). The molecule has 7 nitrogen and oxygen atoms in total. The molecule has 0 bridgehead atoms. The molecule has 0 spiro atoms. The van der Waals surface area contributed by atoms with Crippen LogP contribution in [-0.4, -0.2) is 34.6 Å². The molecule has 2 N–H and O–H groups in total. The Kier molecular flexibility index (Phi) is 4.67. The fourth-order valence-corrected chi connectivity index (χ4v) is 1.70. The van der Waals surface area contributed by atoms with Crippen LogP contribution in [0.25, 0.3) is 0 Å². The van der Waals surface area contributed by atoms with Gasteiger partial charge in [0, 0.05) is 25.5 Å². The third kappa shape index (κ3) is 3.79. The van der Waals surface area contributed by atoms with Crippen LogP contribution < -0.4 is 10.6 Å². The quantitative estimate of drug-likeness (QED) is 0.822. The van der Waals surface area contributed by atoms with Gasteiger partial charge >= 0.3 is 0 Å². The normalized spacial score (nSPS) is 10.3. The first kappa shape index (κ1) is 14.0. The van der Waals surface area contributed by atoms with E-state index >= 15 is 0 Å². The molecular formula is C13H17N5O2. The molecular weight excluding hydrogens is 258 g/mol. The lowest BCUT2D eigenvalue weighted by Gasteiger charge is -2.09. The number of nitrogens with zero attached hydrogens (tertiary/aromatic N) is 3. The molecule has 0 fully saturated rings. The molecule has 1 amide bonds. The largest absolute Gasteiger partial charge is 0.379 e. The number of amides is 1. The van der Waals surface area contributed by atoms with Gasteiger partial charge in [-0.2, -0.15) is 0 Å². The van der Waals surface area contributed by atoms with Crippen molar-refractivity contribution in [1.82, 2.24) is 15.0 Å². The van der Waals surface area contributed by atoms with Crippen LogP contribution in [0.3, 0.4) is 0 Å². The topological polar surface area (TPSA) is 81.1 Å². The standard InChI is InChI=1S/C13H17N5O2/c1-18-12(8-15-17-18)7-14-10-4-3-5-11(6-10)16-13(19)9-20-2/h3-6,8,14H,7,9H2,1-2H3,(H,16,19). The first-order chi connectivity index (χ1) is 9.69. The Bertz CT molecular complexity index is 582. The number of rotatable bonds is 6. The van der Waals surface area contributed by atoms with Gasteiger partial charge in [-0.05, 0) is 18.2 Å². The number of methoxy groups -OCH3 is 1. The number of benzene rings is 1. The fraction of sp³-hybridized carbons (Fsp3) is 0.308. The molecule has 1 heterocycles. The first-order valence-electron chi connectivity index (χ1n) is 6.15. The smallest absolute Gasteiger partial charge is 0.250 e. The minimum atomic E-state index is -0.180. The maximum absolute atomic E-state index is 11.4. The van der Waals surface area contributed by atoms with Gasteiger partial charge in [-0.15, -0.1) is 5.10 Å². The molecule has 0 aliphatic rings. The second-order valence-electron chi connectivity index (χ2n) is 4.26. The summed E-state index contributed by atoms with van der Waals surface area (Å²) in [5.41, 5.74) is 2.60. The molecule has 20 heavy (non-hydrogen) atoms. The van der Waals surface area contributed by atoms with Crippen LogP contribution in [0, 0.1) is 0 Å². The zero-order valence-electron chi connectivity index (χ0n) is 11.5. The summed E-state index contributed by atoms with van der Waals surface area (Å²) in [5.74, 6) is -0.180. The lowest BCUT2D eigenvalue weighted by Crippen LogP contribution is -2.17. The SMILES string of the molecule is COCC(=O)Nc1cccc(NCc2cnnn2C)c1. The lowest BCUT2D eigenvalue weighted by atomic mass is 10.2. The van der Waals surface area contributed by atoms with Gasteiger partial charge in [0.15, 0.2) is 0 Å². The average Bonchev–Trinajstić information content (AvgIpc) is 2.82. The molecule has 0 unspecified atom stereocenters. The summed E-state index contributed by atoms with van der Waals surface area (Å²) in [6.07, 6.45) is 1.71. The third-order valence-corrected chi connectivity index (χ3v) is 2.70. The van der Waals surface area contributed by atoms with Gasteiger partial charge < -0.3 is 15.4 Å². The van der Waals surface area contributed by atoms with E-state index in [-0.39, 0.29) is 12.5 Å². The third-order valence-electron chi connectivity index (χ3n) is 2.70. The van der Waals surface area contributed by atoms with Crippen molar-refractivity contribution in [2.24, 2.45) is 7.05 Å². The van der Waals surface area contributed by atoms with Crippen molar-refractivity contribution < 1.29 is 9.53 Å². The second-order valence-corrected chi connectivity index (χ2v) is 4.26. The van der Waals surface area contributed by atoms with Gasteiger partial charge in [-0.1, -0.05) is 11.3 Å². The maximum atomic E-state index is 11.4. The number of hydrogen-bond acceptors (Lipinski definition) is 5. The molecule has 1 aromatic heterocycles. The van der Waals surface area contributed by atoms with Crippen molar-refractivity contribution in [3.8, 4) is 0 Å². The predicted octanol–water partition coefficient (Wildman–Crippen LogP) is 1.01. The van der Waals surface area contributed by atoms with Crippen molar-refractivity contribution in [1.29, 1.82) is 0 Å². The van der Waals surface area contributed by atoms with Crippen molar-refractivity contribution in [2.45, 2.75) is 6.54 Å². The summed E-state index contributed by atoms with van der Waals surface area (Å²) in [6, 6.07) is 7.48. The molecule has 0 saturated carbocycles. The first-order valence-corrected chi connectivity index (χ1v) is 6.15. The Hall–Kier alpha value is -2.41. The van der Waals surface area contributed by atoms with Crippen molar-refractivity contribution in [3.63, 3.8) is 0 Å². The van der Waals surface area contributed by atoms with Crippen LogP contribution in [0.5, 0.6) is 0 Å². The monoisotopic (exact) mass is 275 g/mol. The highest BCUT2D eigenvalue weighted by atomic mass is 16.5. The van der Waals surface area contributed by atoms with Crippen LogP contribution in [0.4, 0.5) is 11.4 Å². The Balaban J connectivity index is 1.95. The van der Waals surface area contributed by atoms with Crippen LogP contribution >= 0.6 is 0 Å². The number of aryl methyl sites for hydroxylation is 1. The summed E-state index contributed by atoms with van der Waals surface area (Å²) >= 11 is 0. The van der Waals surface area contributed by atoms with E-state index in [1.165, 1.54) is 7.11 Å². The number of ether oxygens (including phenoxy) is 1. The minimum absolute atomic E-state index is 0.0400. The molecule has 0 aliphatic carbocycles. The van der Waals surface area contributed by atoms with E-state index < -0.39 is 0 Å². The van der Waals surface area contributed by atoms with E-state index in [9.17, 15) is 4.79 Å². The van der Waals surface area contributed by atoms with Crippen LogP contribution in [0.1, 0.15) is 5.69 Å². The highest BCUT2D eigenvalue weighted by Crippen LogP contribution is 2.15. The van der Waals surface area contributed by atoms with Crippen molar-refractivity contribution in [3.05, 3.63) is 36.2 Å². The van der Waals surface area contributed by atoms with Gasteiger partial charge in [0.05, 0.1) is 18.4 Å². The minimum Gasteiger partial charge on any atom is -0.379 e. The molecule has 0 saturated heterocycles. The lowest BCUT2D eigenvalue weighted by molar-refractivity contribution is -0.119. The predicted molar refractivity (Wildman–Crippen MR) is 75.3 cm³/mol. The van der Waals surface area contributed by atoms with E-state index in [1.54, 1.807) is 10.9 Å². The molecule has 7 heteroatoms. The number of hydrogen-bond donors (Lipinski definition) is 2. The number of carbonyl (C=O) groups is 1. The molecule has 0 atom stereocenters. The maximum Gasteiger partial charge on any atom is 0.250 e. The van der Waals surface area contributed by atoms with Gasteiger partial charge in [-0.25, -0.2) is 0 Å². The number of carbonyl (C=O) groups excluding carboxylic acids is 1. The molecule has 1 aromatic carbocycles. The summed E-state index contributed by atoms with van der Waals surface area (Å²) in [7, 11) is 3.32. The Morgan fingerprint density at radius 2 is 2.20 bits per heavy atom. The molecule has 106 valence electrons. The van der Waals surface area contributed by atoms with E-state index in [0.29, 0.717) is 6.54 Å².